The summed E-state index contributed by atoms with van der Waals surface area (Å²) in [4.78, 5) is 4.33. The van der Waals surface area contributed by atoms with Gasteiger partial charge in [0.15, 0.2) is 0 Å². The number of rotatable bonds is 4. The monoisotopic (exact) mass is 440 g/mol. The quantitative estimate of drug-likeness (QED) is 0.615. The Bertz CT molecular complexity index is 1160. The van der Waals surface area contributed by atoms with Crippen LogP contribution < -0.4 is 0 Å². The van der Waals surface area contributed by atoms with Gasteiger partial charge in [-0.05, 0) is 44.0 Å². The van der Waals surface area contributed by atoms with Crippen LogP contribution in [-0.2, 0) is 14.8 Å². The van der Waals surface area contributed by atoms with Gasteiger partial charge in [0.2, 0.25) is 21.8 Å². The van der Waals surface area contributed by atoms with Gasteiger partial charge < -0.3 is 9.15 Å². The van der Waals surface area contributed by atoms with Crippen molar-refractivity contribution in [3.8, 4) is 11.5 Å². The summed E-state index contributed by atoms with van der Waals surface area (Å²) in [7, 11) is -3.62. The second-order valence-corrected chi connectivity index (χ2v) is 10.3. The van der Waals surface area contributed by atoms with Crippen LogP contribution in [0.5, 0.6) is 0 Å². The highest BCUT2D eigenvalue weighted by Crippen LogP contribution is 2.50. The third kappa shape index (κ3) is 3.66. The molecule has 3 aromatic rings. The average Bonchev–Trinajstić information content (AvgIpc) is 3.41. The predicted octanol–water partition coefficient (Wildman–Crippen LogP) is 3.02. The zero-order valence-corrected chi connectivity index (χ0v) is 18.1. The first-order valence-electron chi connectivity index (χ1n) is 10.4. The Kier molecular flexibility index (Phi) is 5.11. The van der Waals surface area contributed by atoms with Crippen molar-refractivity contribution in [2.45, 2.75) is 30.6 Å². The number of aromatic nitrogens is 3. The lowest BCUT2D eigenvalue weighted by molar-refractivity contribution is 0.0112. The molecule has 5 rings (SSSR count). The number of pyridine rings is 1. The number of ether oxygens (including phenoxy) is 1. The van der Waals surface area contributed by atoms with E-state index < -0.39 is 10.0 Å². The molecular weight excluding hydrogens is 416 g/mol. The van der Waals surface area contributed by atoms with Gasteiger partial charge in [-0.2, -0.15) is 4.31 Å². The van der Waals surface area contributed by atoms with Crippen molar-refractivity contribution in [3.63, 3.8) is 0 Å². The highest BCUT2D eigenvalue weighted by molar-refractivity contribution is 7.89. The van der Waals surface area contributed by atoms with E-state index in [0.29, 0.717) is 43.0 Å². The SMILES string of the molecule is Cc1ccc(S(=O)(=O)N2CC(c3nnc(-c4ccncc4)o3)C3(CCOCC3)C2)cc1. The van der Waals surface area contributed by atoms with Gasteiger partial charge in [-0.15, -0.1) is 10.2 Å². The third-order valence-electron chi connectivity index (χ3n) is 6.43. The molecule has 0 bridgehead atoms. The van der Waals surface area contributed by atoms with Crippen LogP contribution in [0.3, 0.4) is 0 Å². The number of benzene rings is 1. The fraction of sp³-hybridized carbons (Fsp3) is 0.409. The molecular formula is C22H24N4O4S. The van der Waals surface area contributed by atoms with E-state index in [1.165, 1.54) is 0 Å². The standard InChI is InChI=1S/C22H24N4O4S/c1-16-2-4-18(5-3-16)31(27,28)26-14-19(22(15-26)8-12-29-13-9-22)21-25-24-20(30-21)17-6-10-23-11-7-17/h2-7,10-11,19H,8-9,12-15H2,1H3. The lowest BCUT2D eigenvalue weighted by Crippen LogP contribution is -2.37. The van der Waals surface area contributed by atoms with E-state index >= 15 is 0 Å². The Balaban J connectivity index is 1.49. The molecule has 1 spiro atoms. The van der Waals surface area contributed by atoms with Crippen molar-refractivity contribution < 1.29 is 17.6 Å². The van der Waals surface area contributed by atoms with Gasteiger partial charge in [-0.25, -0.2) is 8.42 Å². The van der Waals surface area contributed by atoms with Gasteiger partial charge in [-0.1, -0.05) is 17.7 Å². The third-order valence-corrected chi connectivity index (χ3v) is 8.26. The predicted molar refractivity (Wildman–Crippen MR) is 113 cm³/mol. The number of nitrogens with zero attached hydrogens (tertiary/aromatic N) is 4. The van der Waals surface area contributed by atoms with Crippen molar-refractivity contribution in [1.29, 1.82) is 0 Å². The van der Waals surface area contributed by atoms with E-state index in [1.54, 1.807) is 28.8 Å². The second-order valence-electron chi connectivity index (χ2n) is 8.32. The van der Waals surface area contributed by atoms with Crippen LogP contribution in [0, 0.1) is 12.3 Å². The molecule has 9 heteroatoms. The molecule has 162 valence electrons. The highest BCUT2D eigenvalue weighted by atomic mass is 32.2. The summed E-state index contributed by atoms with van der Waals surface area (Å²) in [6, 6.07) is 10.6. The molecule has 1 atom stereocenters. The second kappa shape index (κ2) is 7.81. The van der Waals surface area contributed by atoms with Crippen molar-refractivity contribution in [3.05, 3.63) is 60.2 Å². The zero-order chi connectivity index (χ0) is 21.5. The maximum absolute atomic E-state index is 13.4. The number of aryl methyl sites for hydroxylation is 1. The molecule has 1 unspecified atom stereocenters. The lowest BCUT2D eigenvalue weighted by atomic mass is 9.72. The van der Waals surface area contributed by atoms with E-state index in [-0.39, 0.29) is 11.3 Å². The molecule has 2 aliphatic heterocycles. The van der Waals surface area contributed by atoms with E-state index in [9.17, 15) is 8.42 Å². The van der Waals surface area contributed by atoms with E-state index in [4.69, 9.17) is 9.15 Å². The van der Waals surface area contributed by atoms with Crippen LogP contribution in [0.25, 0.3) is 11.5 Å². The van der Waals surface area contributed by atoms with Crippen LogP contribution in [-0.4, -0.2) is 54.2 Å². The fourth-order valence-electron chi connectivity index (χ4n) is 4.58. The summed E-state index contributed by atoms with van der Waals surface area (Å²) >= 11 is 0. The van der Waals surface area contributed by atoms with Gasteiger partial charge in [-0.3, -0.25) is 4.98 Å². The number of hydrogen-bond acceptors (Lipinski definition) is 7. The summed E-state index contributed by atoms with van der Waals surface area (Å²) in [5.74, 6) is 0.717. The molecule has 1 aromatic carbocycles. The summed E-state index contributed by atoms with van der Waals surface area (Å²) in [6.07, 6.45) is 4.85. The Morgan fingerprint density at radius 2 is 1.74 bits per heavy atom. The minimum absolute atomic E-state index is 0.181. The molecule has 31 heavy (non-hydrogen) atoms. The van der Waals surface area contributed by atoms with Crippen LogP contribution in [0.15, 0.2) is 58.1 Å². The topological polar surface area (TPSA) is 98.4 Å². The minimum atomic E-state index is -3.62. The van der Waals surface area contributed by atoms with Crippen molar-refractivity contribution in [2.75, 3.05) is 26.3 Å². The first kappa shape index (κ1) is 20.3. The van der Waals surface area contributed by atoms with E-state index in [0.717, 1.165) is 24.0 Å². The summed E-state index contributed by atoms with van der Waals surface area (Å²) in [5.41, 5.74) is 1.53. The maximum Gasteiger partial charge on any atom is 0.247 e. The normalized spacial score (nSPS) is 21.5. The summed E-state index contributed by atoms with van der Waals surface area (Å²) in [6.45, 7) is 3.87. The largest absolute Gasteiger partial charge is 0.420 e. The Morgan fingerprint density at radius 3 is 2.45 bits per heavy atom. The lowest BCUT2D eigenvalue weighted by Gasteiger charge is -2.36. The zero-order valence-electron chi connectivity index (χ0n) is 17.3. The molecule has 0 amide bonds. The Labute approximate surface area is 181 Å². The molecule has 4 heterocycles. The molecule has 0 aliphatic carbocycles. The molecule has 2 saturated heterocycles. The molecule has 8 nitrogen and oxygen atoms in total. The van der Waals surface area contributed by atoms with Crippen molar-refractivity contribution in [2.24, 2.45) is 5.41 Å². The van der Waals surface area contributed by atoms with Gasteiger partial charge >= 0.3 is 0 Å². The first-order chi connectivity index (χ1) is 15.0. The van der Waals surface area contributed by atoms with Gasteiger partial charge in [0.05, 0.1) is 10.8 Å². The maximum atomic E-state index is 13.4. The van der Waals surface area contributed by atoms with Crippen LogP contribution in [0.4, 0.5) is 0 Å². The van der Waals surface area contributed by atoms with Gasteiger partial charge in [0.1, 0.15) is 0 Å². The van der Waals surface area contributed by atoms with Crippen LogP contribution in [0.2, 0.25) is 0 Å². The first-order valence-corrected chi connectivity index (χ1v) is 11.8. The van der Waals surface area contributed by atoms with Crippen LogP contribution in [0.1, 0.15) is 30.2 Å². The van der Waals surface area contributed by atoms with E-state index in [2.05, 4.69) is 15.2 Å². The van der Waals surface area contributed by atoms with Crippen molar-refractivity contribution in [1.82, 2.24) is 19.5 Å². The molecule has 0 radical (unpaired) electrons. The molecule has 2 aromatic heterocycles. The fourth-order valence-corrected chi connectivity index (χ4v) is 6.13. The summed E-state index contributed by atoms with van der Waals surface area (Å²) < 4.78 is 40.0. The molecule has 0 N–H and O–H groups in total. The highest BCUT2D eigenvalue weighted by Gasteiger charge is 2.53. The van der Waals surface area contributed by atoms with E-state index in [1.807, 2.05) is 31.2 Å². The Hall–Kier alpha value is -2.62. The van der Waals surface area contributed by atoms with Gasteiger partial charge in [0, 0.05) is 49.7 Å². The summed E-state index contributed by atoms with van der Waals surface area (Å²) in [5, 5.41) is 8.55. The molecule has 2 fully saturated rings. The van der Waals surface area contributed by atoms with Crippen molar-refractivity contribution >= 4 is 10.0 Å². The molecule has 2 aliphatic rings. The van der Waals surface area contributed by atoms with Gasteiger partial charge in [0.25, 0.3) is 0 Å². The smallest absolute Gasteiger partial charge is 0.247 e. The Morgan fingerprint density at radius 1 is 1.03 bits per heavy atom. The molecule has 0 saturated carbocycles. The average molecular weight is 441 g/mol. The van der Waals surface area contributed by atoms with Crippen LogP contribution >= 0.6 is 0 Å². The minimum Gasteiger partial charge on any atom is -0.420 e. The number of hydrogen-bond donors (Lipinski definition) is 0. The number of sulfonamides is 1.